The van der Waals surface area contributed by atoms with Gasteiger partial charge in [-0.05, 0) is 31.6 Å². The van der Waals surface area contributed by atoms with E-state index in [1.165, 1.54) is 13.2 Å². The van der Waals surface area contributed by atoms with Crippen molar-refractivity contribution in [3.8, 4) is 0 Å². The Morgan fingerprint density at radius 3 is 2.71 bits per heavy atom. The van der Waals surface area contributed by atoms with Gasteiger partial charge in [-0.15, -0.1) is 0 Å². The van der Waals surface area contributed by atoms with Crippen molar-refractivity contribution in [1.29, 1.82) is 0 Å². The predicted molar refractivity (Wildman–Crippen MR) is 54.8 cm³/mol. The summed E-state index contributed by atoms with van der Waals surface area (Å²) in [5.74, 6) is -0.357. The van der Waals surface area contributed by atoms with Crippen LogP contribution in [-0.2, 0) is 9.53 Å². The second-order valence-corrected chi connectivity index (χ2v) is 2.98. The lowest BCUT2D eigenvalue weighted by atomic mass is 10.2. The van der Waals surface area contributed by atoms with Gasteiger partial charge in [0.2, 0.25) is 0 Å². The summed E-state index contributed by atoms with van der Waals surface area (Å²) >= 11 is 0. The molecule has 74 valence electrons. The highest BCUT2D eigenvalue weighted by Gasteiger charge is 1.97. The van der Waals surface area contributed by atoms with Crippen LogP contribution in [0, 0.1) is 13.8 Å². The first-order chi connectivity index (χ1) is 6.63. The molecule has 0 atom stereocenters. The number of hydrogen-bond donors (Lipinski definition) is 0. The van der Waals surface area contributed by atoms with Gasteiger partial charge in [-0.2, -0.15) is 0 Å². The van der Waals surface area contributed by atoms with E-state index in [0.717, 1.165) is 17.0 Å². The van der Waals surface area contributed by atoms with Gasteiger partial charge >= 0.3 is 5.97 Å². The summed E-state index contributed by atoms with van der Waals surface area (Å²) in [5, 5.41) is 0. The minimum Gasteiger partial charge on any atom is -0.466 e. The molecule has 3 nitrogen and oxygen atoms in total. The maximum Gasteiger partial charge on any atom is 0.330 e. The van der Waals surface area contributed by atoms with E-state index in [0.29, 0.717) is 0 Å². The molecule has 0 saturated heterocycles. The highest BCUT2D eigenvalue weighted by Crippen LogP contribution is 2.08. The Balaban J connectivity index is 2.87. The number of aromatic nitrogens is 1. The summed E-state index contributed by atoms with van der Waals surface area (Å²) in [5.41, 5.74) is 2.81. The van der Waals surface area contributed by atoms with Crippen LogP contribution < -0.4 is 0 Å². The quantitative estimate of drug-likeness (QED) is 0.529. The molecule has 0 amide bonds. The molecule has 0 aromatic carbocycles. The van der Waals surface area contributed by atoms with Crippen LogP contribution in [0.5, 0.6) is 0 Å². The van der Waals surface area contributed by atoms with E-state index in [2.05, 4.69) is 9.72 Å². The third kappa shape index (κ3) is 2.69. The van der Waals surface area contributed by atoms with Gasteiger partial charge in [0, 0.05) is 17.5 Å². The van der Waals surface area contributed by atoms with Gasteiger partial charge in [0.25, 0.3) is 0 Å². The van der Waals surface area contributed by atoms with Crippen molar-refractivity contribution in [3.63, 3.8) is 0 Å². The molecule has 3 heteroatoms. The Hall–Kier alpha value is -1.64. The Morgan fingerprint density at radius 2 is 2.14 bits per heavy atom. The molecule has 0 N–H and O–H groups in total. The fourth-order valence-electron chi connectivity index (χ4n) is 1.10. The molecule has 0 aliphatic carbocycles. The number of ether oxygens (including phenoxy) is 1. The van der Waals surface area contributed by atoms with Crippen LogP contribution in [-0.4, -0.2) is 18.1 Å². The fourth-order valence-corrected chi connectivity index (χ4v) is 1.10. The Kier molecular flexibility index (Phi) is 3.40. The van der Waals surface area contributed by atoms with Crippen molar-refractivity contribution in [3.05, 3.63) is 35.2 Å². The first-order valence-corrected chi connectivity index (χ1v) is 4.34. The van der Waals surface area contributed by atoms with Crippen LogP contribution in [0.1, 0.15) is 17.0 Å². The number of nitrogens with zero attached hydrogens (tertiary/aromatic N) is 1. The van der Waals surface area contributed by atoms with E-state index in [4.69, 9.17) is 0 Å². The second kappa shape index (κ2) is 4.56. The van der Waals surface area contributed by atoms with Crippen LogP contribution in [0.15, 0.2) is 18.2 Å². The molecule has 1 heterocycles. The highest BCUT2D eigenvalue weighted by atomic mass is 16.5. The first-order valence-electron chi connectivity index (χ1n) is 4.34. The Morgan fingerprint density at radius 1 is 1.43 bits per heavy atom. The van der Waals surface area contributed by atoms with Crippen LogP contribution >= 0.6 is 0 Å². The monoisotopic (exact) mass is 191 g/mol. The number of rotatable bonds is 2. The summed E-state index contributed by atoms with van der Waals surface area (Å²) in [6.45, 7) is 3.84. The number of hydrogen-bond acceptors (Lipinski definition) is 3. The predicted octanol–water partition coefficient (Wildman–Crippen LogP) is 1.88. The average molecular weight is 191 g/mol. The van der Waals surface area contributed by atoms with Crippen molar-refractivity contribution < 1.29 is 9.53 Å². The van der Waals surface area contributed by atoms with Crippen molar-refractivity contribution >= 4 is 12.0 Å². The van der Waals surface area contributed by atoms with Crippen LogP contribution in [0.25, 0.3) is 6.08 Å². The number of carbonyl (C=O) groups excluding carboxylic acids is 1. The molecule has 1 aromatic rings. The Bertz CT molecular complexity index is 370. The maximum absolute atomic E-state index is 10.8. The molecule has 14 heavy (non-hydrogen) atoms. The van der Waals surface area contributed by atoms with E-state index in [9.17, 15) is 4.79 Å². The molecule has 0 saturated carbocycles. The van der Waals surface area contributed by atoms with Gasteiger partial charge < -0.3 is 4.74 Å². The number of esters is 1. The van der Waals surface area contributed by atoms with E-state index in [1.807, 2.05) is 26.0 Å². The molecule has 0 aliphatic rings. The van der Waals surface area contributed by atoms with Crippen LogP contribution in [0.2, 0.25) is 0 Å². The van der Waals surface area contributed by atoms with Gasteiger partial charge in [-0.25, -0.2) is 4.79 Å². The van der Waals surface area contributed by atoms with Gasteiger partial charge in [0.05, 0.1) is 7.11 Å². The smallest absolute Gasteiger partial charge is 0.330 e. The van der Waals surface area contributed by atoms with E-state index < -0.39 is 0 Å². The lowest BCUT2D eigenvalue weighted by molar-refractivity contribution is -0.134. The average Bonchev–Trinajstić information content (AvgIpc) is 2.16. The van der Waals surface area contributed by atoms with Crippen molar-refractivity contribution in [2.45, 2.75) is 13.8 Å². The minimum absolute atomic E-state index is 0.357. The van der Waals surface area contributed by atoms with Crippen LogP contribution in [0.3, 0.4) is 0 Å². The van der Waals surface area contributed by atoms with Crippen molar-refractivity contribution in [1.82, 2.24) is 4.98 Å². The third-order valence-corrected chi connectivity index (χ3v) is 1.87. The molecule has 0 fully saturated rings. The molecular weight excluding hydrogens is 178 g/mol. The largest absolute Gasteiger partial charge is 0.466 e. The topological polar surface area (TPSA) is 39.2 Å². The van der Waals surface area contributed by atoms with Crippen molar-refractivity contribution in [2.75, 3.05) is 7.11 Å². The van der Waals surface area contributed by atoms with Crippen LogP contribution in [0.4, 0.5) is 0 Å². The molecule has 0 aliphatic heterocycles. The molecule has 1 aromatic heterocycles. The SMILES string of the molecule is COC(=O)C=Cc1ccc(C)nc1C. The zero-order valence-electron chi connectivity index (χ0n) is 8.57. The van der Waals surface area contributed by atoms with Gasteiger partial charge in [-0.1, -0.05) is 6.07 Å². The molecule has 0 radical (unpaired) electrons. The van der Waals surface area contributed by atoms with Gasteiger partial charge in [0.15, 0.2) is 0 Å². The fraction of sp³-hybridized carbons (Fsp3) is 0.273. The number of pyridine rings is 1. The Labute approximate surface area is 83.4 Å². The van der Waals surface area contributed by atoms with Crippen molar-refractivity contribution in [2.24, 2.45) is 0 Å². The number of aryl methyl sites for hydroxylation is 2. The lowest BCUT2D eigenvalue weighted by Crippen LogP contribution is -1.94. The molecule has 0 bridgehead atoms. The maximum atomic E-state index is 10.8. The van der Waals surface area contributed by atoms with Gasteiger partial charge in [0.1, 0.15) is 0 Å². The zero-order chi connectivity index (χ0) is 10.6. The first kappa shape index (κ1) is 10.4. The summed E-state index contributed by atoms with van der Waals surface area (Å²) in [6.07, 6.45) is 3.09. The van der Waals surface area contributed by atoms with E-state index in [1.54, 1.807) is 6.08 Å². The lowest BCUT2D eigenvalue weighted by Gasteiger charge is -1.99. The molecule has 0 spiro atoms. The third-order valence-electron chi connectivity index (χ3n) is 1.87. The molecule has 0 unspecified atom stereocenters. The second-order valence-electron chi connectivity index (χ2n) is 2.98. The summed E-state index contributed by atoms with van der Waals surface area (Å²) in [6, 6.07) is 3.83. The molecule has 1 rings (SSSR count). The highest BCUT2D eigenvalue weighted by molar-refractivity contribution is 5.87. The summed E-state index contributed by atoms with van der Waals surface area (Å²) < 4.78 is 4.49. The normalized spacial score (nSPS) is 10.5. The van der Waals surface area contributed by atoms with Gasteiger partial charge in [-0.3, -0.25) is 4.98 Å². The number of carbonyl (C=O) groups is 1. The standard InChI is InChI=1S/C11H13NO2/c1-8-4-5-10(9(2)12-8)6-7-11(13)14-3/h4-7H,1-3H3. The minimum atomic E-state index is -0.357. The zero-order valence-corrected chi connectivity index (χ0v) is 8.57. The summed E-state index contributed by atoms with van der Waals surface area (Å²) in [4.78, 5) is 15.1. The van der Waals surface area contributed by atoms with E-state index >= 15 is 0 Å². The van der Waals surface area contributed by atoms with E-state index in [-0.39, 0.29) is 5.97 Å². The molecular formula is C11H13NO2. The summed E-state index contributed by atoms with van der Waals surface area (Å²) in [7, 11) is 1.35. The number of methoxy groups -OCH3 is 1.